The zero-order chi connectivity index (χ0) is 13.2. The van der Waals surface area contributed by atoms with Crippen molar-refractivity contribution in [2.75, 3.05) is 0 Å². The maximum Gasteiger partial charge on any atom is 0.0985 e. The van der Waals surface area contributed by atoms with Gasteiger partial charge in [-0.05, 0) is 11.5 Å². The molecule has 1 unspecified atom stereocenters. The van der Waals surface area contributed by atoms with Gasteiger partial charge in [-0.3, -0.25) is 0 Å². The second-order valence-electron chi connectivity index (χ2n) is 5.64. The van der Waals surface area contributed by atoms with E-state index >= 15 is 0 Å². The first-order chi connectivity index (χ1) is 8.58. The summed E-state index contributed by atoms with van der Waals surface area (Å²) in [6.45, 7) is 9.36. The maximum atomic E-state index is 2.49. The molecule has 0 bridgehead atoms. The average molecular weight is 255 g/mol. The summed E-state index contributed by atoms with van der Waals surface area (Å²) in [6, 6.07) is 12.3. The summed E-state index contributed by atoms with van der Waals surface area (Å²) in [5.74, 6) is 0.629. The molecule has 2 rings (SSSR count). The summed E-state index contributed by atoms with van der Waals surface area (Å²) in [4.78, 5) is 0. The highest BCUT2D eigenvalue weighted by Gasteiger charge is 2.36. The molecule has 0 aromatic heterocycles. The van der Waals surface area contributed by atoms with Crippen molar-refractivity contribution in [3.05, 3.63) is 59.7 Å². The third-order valence-corrected chi connectivity index (χ3v) is 8.81. The lowest BCUT2D eigenvalue weighted by Crippen LogP contribution is -2.48. The van der Waals surface area contributed by atoms with Crippen molar-refractivity contribution in [1.82, 2.24) is 0 Å². The minimum Gasteiger partial charge on any atom is -0.0757 e. The predicted octanol–water partition coefficient (Wildman–Crippen LogP) is 4.26. The minimum absolute atomic E-state index is 0.629. The molecule has 1 aromatic carbocycles. The molecule has 0 saturated carbocycles. The Kier molecular flexibility index (Phi) is 3.91. The van der Waals surface area contributed by atoms with Gasteiger partial charge in [0.15, 0.2) is 0 Å². The van der Waals surface area contributed by atoms with Crippen LogP contribution in [0.4, 0.5) is 0 Å². The van der Waals surface area contributed by atoms with Crippen molar-refractivity contribution in [2.45, 2.75) is 33.4 Å². The molecule has 0 fully saturated rings. The lowest BCUT2D eigenvalue weighted by atomic mass is 10.1. The van der Waals surface area contributed by atoms with E-state index in [1.807, 2.05) is 0 Å². The van der Waals surface area contributed by atoms with Gasteiger partial charge in [-0.2, -0.15) is 0 Å². The van der Waals surface area contributed by atoms with Crippen molar-refractivity contribution in [2.24, 2.45) is 5.92 Å². The van der Waals surface area contributed by atoms with Crippen LogP contribution in [0.1, 0.15) is 20.8 Å². The summed E-state index contributed by atoms with van der Waals surface area (Å²) in [7, 11) is -1.50. The Morgan fingerprint density at radius 3 is 2.22 bits per heavy atom. The lowest BCUT2D eigenvalue weighted by Gasteiger charge is -2.30. The van der Waals surface area contributed by atoms with Crippen molar-refractivity contribution >= 4 is 13.3 Å². The highest BCUT2D eigenvalue weighted by Crippen LogP contribution is 2.32. The molecule has 1 aliphatic rings. The zero-order valence-corrected chi connectivity index (χ0v) is 12.9. The lowest BCUT2D eigenvalue weighted by molar-refractivity contribution is 0.794. The van der Waals surface area contributed by atoms with Crippen molar-refractivity contribution < 1.29 is 0 Å². The Labute approximate surface area is 112 Å². The van der Waals surface area contributed by atoms with Gasteiger partial charge >= 0.3 is 0 Å². The third kappa shape index (κ3) is 2.37. The van der Waals surface area contributed by atoms with Gasteiger partial charge in [0.2, 0.25) is 0 Å². The van der Waals surface area contributed by atoms with E-state index in [-0.39, 0.29) is 0 Å². The van der Waals surface area contributed by atoms with E-state index in [0.717, 1.165) is 0 Å². The summed E-state index contributed by atoms with van der Waals surface area (Å²) in [6.07, 6.45) is 7.11. The van der Waals surface area contributed by atoms with Crippen LogP contribution in [0.15, 0.2) is 54.1 Å². The van der Waals surface area contributed by atoms with E-state index < -0.39 is 8.07 Å². The minimum atomic E-state index is -1.50. The molecule has 0 spiro atoms. The van der Waals surface area contributed by atoms with Crippen molar-refractivity contribution in [3.63, 3.8) is 0 Å². The molecule has 0 amide bonds. The molecule has 1 atom stereocenters. The number of rotatable bonds is 4. The van der Waals surface area contributed by atoms with E-state index in [2.05, 4.69) is 75.9 Å². The standard InChI is InChI=1S/C17H23Si/c1-5-18(4,16-9-7-6-8-10-16)17-12-11-15(13-17)14(2)3/h6-14H,5H2,1-4H3. The molecule has 0 N–H and O–H groups in total. The van der Waals surface area contributed by atoms with E-state index in [1.165, 1.54) is 11.6 Å². The topological polar surface area (TPSA) is 0 Å². The fourth-order valence-electron chi connectivity index (χ4n) is 2.55. The second-order valence-corrected chi connectivity index (χ2v) is 10.2. The SMILES string of the molecule is CC[Si](C)([C]1C=CC(C(C)C)=C1)c1ccccc1. The zero-order valence-electron chi connectivity index (χ0n) is 11.9. The fraction of sp³-hybridized carbons (Fsp3) is 0.353. The van der Waals surface area contributed by atoms with Gasteiger partial charge in [0.05, 0.1) is 8.07 Å². The van der Waals surface area contributed by atoms with Crippen LogP contribution in [0, 0.1) is 11.5 Å². The Hall–Kier alpha value is -1.08. The molecule has 0 saturated heterocycles. The third-order valence-electron chi connectivity index (χ3n) is 4.20. The van der Waals surface area contributed by atoms with Gasteiger partial charge in [-0.1, -0.05) is 87.1 Å². The van der Waals surface area contributed by atoms with Crippen LogP contribution in [-0.4, -0.2) is 8.07 Å². The van der Waals surface area contributed by atoms with Crippen LogP contribution in [0.5, 0.6) is 0 Å². The number of benzene rings is 1. The first-order valence-corrected chi connectivity index (χ1v) is 9.61. The van der Waals surface area contributed by atoms with E-state index in [4.69, 9.17) is 0 Å². The molecule has 18 heavy (non-hydrogen) atoms. The summed E-state index contributed by atoms with van der Waals surface area (Å²) < 4.78 is 0. The highest BCUT2D eigenvalue weighted by atomic mass is 28.3. The van der Waals surface area contributed by atoms with E-state index in [0.29, 0.717) is 5.92 Å². The van der Waals surface area contributed by atoms with Crippen LogP contribution in [-0.2, 0) is 0 Å². The highest BCUT2D eigenvalue weighted by molar-refractivity contribution is 6.96. The summed E-state index contributed by atoms with van der Waals surface area (Å²) >= 11 is 0. The Morgan fingerprint density at radius 1 is 1.06 bits per heavy atom. The Bertz CT molecular complexity index is 456. The van der Waals surface area contributed by atoms with Gasteiger partial charge in [0, 0.05) is 5.54 Å². The van der Waals surface area contributed by atoms with E-state index in [1.54, 1.807) is 10.7 Å². The van der Waals surface area contributed by atoms with Crippen LogP contribution in [0.25, 0.3) is 0 Å². The van der Waals surface area contributed by atoms with Gasteiger partial charge in [0.1, 0.15) is 0 Å². The first kappa shape index (κ1) is 13.4. The monoisotopic (exact) mass is 255 g/mol. The van der Waals surface area contributed by atoms with Gasteiger partial charge < -0.3 is 0 Å². The maximum absolute atomic E-state index is 2.49. The molecule has 1 aliphatic carbocycles. The normalized spacial score (nSPS) is 19.1. The van der Waals surface area contributed by atoms with Gasteiger partial charge in [-0.15, -0.1) is 0 Å². The predicted molar refractivity (Wildman–Crippen MR) is 83.5 cm³/mol. The largest absolute Gasteiger partial charge is 0.0985 e. The number of hydrogen-bond donors (Lipinski definition) is 0. The summed E-state index contributed by atoms with van der Waals surface area (Å²) in [5.41, 5.74) is 3.06. The molecular formula is C17H23Si. The molecule has 1 radical (unpaired) electrons. The molecule has 95 valence electrons. The van der Waals surface area contributed by atoms with Crippen LogP contribution in [0.3, 0.4) is 0 Å². The molecule has 0 nitrogen and oxygen atoms in total. The average Bonchev–Trinajstić information content (AvgIpc) is 2.89. The second kappa shape index (κ2) is 5.27. The molecule has 0 heterocycles. The van der Waals surface area contributed by atoms with Gasteiger partial charge in [-0.25, -0.2) is 0 Å². The molecule has 0 aliphatic heterocycles. The van der Waals surface area contributed by atoms with Crippen LogP contribution < -0.4 is 5.19 Å². The van der Waals surface area contributed by atoms with Crippen LogP contribution in [0.2, 0.25) is 12.6 Å². The molecule has 1 heteroatoms. The molecular weight excluding hydrogens is 232 g/mol. The Morgan fingerprint density at radius 2 is 1.72 bits per heavy atom. The summed E-state index contributed by atoms with van der Waals surface area (Å²) in [5, 5.41) is 1.55. The molecule has 1 aromatic rings. The number of hydrogen-bond acceptors (Lipinski definition) is 0. The van der Waals surface area contributed by atoms with Crippen molar-refractivity contribution in [3.8, 4) is 0 Å². The van der Waals surface area contributed by atoms with E-state index in [9.17, 15) is 0 Å². The first-order valence-electron chi connectivity index (χ1n) is 6.90. The van der Waals surface area contributed by atoms with Crippen LogP contribution >= 0.6 is 0 Å². The fourth-order valence-corrected chi connectivity index (χ4v) is 5.56. The Balaban J connectivity index is 2.33. The smallest absolute Gasteiger partial charge is 0.0757 e. The van der Waals surface area contributed by atoms with Gasteiger partial charge in [0.25, 0.3) is 0 Å². The quantitative estimate of drug-likeness (QED) is 0.705. The van der Waals surface area contributed by atoms with Crippen molar-refractivity contribution in [1.29, 1.82) is 0 Å². The number of allylic oxidation sites excluding steroid dienone is 4.